The van der Waals surface area contributed by atoms with E-state index in [4.69, 9.17) is 11.0 Å². The van der Waals surface area contributed by atoms with E-state index in [2.05, 4.69) is 9.72 Å². The fourth-order valence-corrected chi connectivity index (χ4v) is 1.26. The molecule has 7 heteroatoms. The van der Waals surface area contributed by atoms with E-state index < -0.39 is 23.7 Å². The van der Waals surface area contributed by atoms with Gasteiger partial charge in [0, 0.05) is 17.4 Å². The van der Waals surface area contributed by atoms with Crippen LogP contribution in [-0.4, -0.2) is 18.1 Å². The molecule has 0 spiro atoms. The van der Waals surface area contributed by atoms with Crippen molar-refractivity contribution in [2.24, 2.45) is 0 Å². The van der Waals surface area contributed by atoms with E-state index >= 15 is 0 Å². The third kappa shape index (κ3) is 2.66. The van der Waals surface area contributed by atoms with Crippen LogP contribution in [0.1, 0.15) is 23.2 Å². The van der Waals surface area contributed by atoms with Crippen molar-refractivity contribution in [2.75, 3.05) is 12.8 Å². The van der Waals surface area contributed by atoms with Crippen molar-refractivity contribution >= 4 is 11.7 Å². The van der Waals surface area contributed by atoms with E-state index in [0.717, 1.165) is 6.20 Å². The number of methoxy groups -OCH3 is 1. The number of carbonyl (C=O) groups excluding carboxylic acids is 1. The number of esters is 1. The minimum atomic E-state index is -2.92. The fraction of sp³-hybridized carbons (Fsp3) is 0.300. The lowest BCUT2D eigenvalue weighted by atomic mass is 10.1. The SMILES string of the molecule is COC(=O)Cc1cnc(C#N)c(C(F)F)c1N. The molecule has 0 bridgehead atoms. The van der Waals surface area contributed by atoms with E-state index in [0.29, 0.717) is 0 Å². The Morgan fingerprint density at radius 3 is 2.82 bits per heavy atom. The molecule has 0 unspecified atom stereocenters. The summed E-state index contributed by atoms with van der Waals surface area (Å²) in [5.74, 6) is -0.622. The first-order valence-corrected chi connectivity index (χ1v) is 4.53. The molecule has 0 aliphatic rings. The zero-order valence-electron chi connectivity index (χ0n) is 8.91. The molecule has 1 aromatic rings. The van der Waals surface area contributed by atoms with Crippen molar-refractivity contribution in [1.29, 1.82) is 5.26 Å². The van der Waals surface area contributed by atoms with Gasteiger partial charge in [0.2, 0.25) is 0 Å². The average Bonchev–Trinajstić information content (AvgIpc) is 2.30. The second-order valence-corrected chi connectivity index (χ2v) is 3.12. The van der Waals surface area contributed by atoms with Gasteiger partial charge in [0.1, 0.15) is 6.07 Å². The predicted octanol–water partition coefficient (Wildman–Crippen LogP) is 1.19. The van der Waals surface area contributed by atoms with Crippen LogP contribution < -0.4 is 5.73 Å². The van der Waals surface area contributed by atoms with E-state index in [1.54, 1.807) is 0 Å². The molecule has 0 saturated heterocycles. The molecule has 0 aliphatic carbocycles. The number of carbonyl (C=O) groups is 1. The molecule has 5 nitrogen and oxygen atoms in total. The number of alkyl halides is 2. The maximum Gasteiger partial charge on any atom is 0.310 e. The van der Waals surface area contributed by atoms with Crippen LogP contribution in [0.25, 0.3) is 0 Å². The Kier molecular flexibility index (Phi) is 3.93. The lowest BCUT2D eigenvalue weighted by Gasteiger charge is -2.10. The van der Waals surface area contributed by atoms with Crippen LogP contribution >= 0.6 is 0 Å². The van der Waals surface area contributed by atoms with Crippen LogP contribution in [0, 0.1) is 11.3 Å². The summed E-state index contributed by atoms with van der Waals surface area (Å²) in [5, 5.41) is 8.62. The quantitative estimate of drug-likeness (QED) is 0.803. The molecular weight excluding hydrogens is 232 g/mol. The van der Waals surface area contributed by atoms with Crippen molar-refractivity contribution in [2.45, 2.75) is 12.8 Å². The van der Waals surface area contributed by atoms with Gasteiger partial charge in [0.25, 0.3) is 6.43 Å². The van der Waals surface area contributed by atoms with Gasteiger partial charge in [-0.25, -0.2) is 13.8 Å². The van der Waals surface area contributed by atoms with Gasteiger partial charge in [-0.3, -0.25) is 4.79 Å². The molecule has 0 saturated carbocycles. The Balaban J connectivity index is 3.24. The van der Waals surface area contributed by atoms with Gasteiger partial charge in [-0.2, -0.15) is 5.26 Å². The largest absolute Gasteiger partial charge is 0.469 e. The molecule has 1 heterocycles. The number of anilines is 1. The van der Waals surface area contributed by atoms with Crippen molar-refractivity contribution in [3.8, 4) is 6.07 Å². The van der Waals surface area contributed by atoms with Crippen molar-refractivity contribution in [1.82, 2.24) is 4.98 Å². The first-order valence-electron chi connectivity index (χ1n) is 4.53. The second-order valence-electron chi connectivity index (χ2n) is 3.12. The molecule has 1 aromatic heterocycles. The highest BCUT2D eigenvalue weighted by atomic mass is 19.3. The summed E-state index contributed by atoms with van der Waals surface area (Å²) in [5.41, 5.74) is 4.22. The number of pyridine rings is 1. The van der Waals surface area contributed by atoms with Crippen LogP contribution in [0.15, 0.2) is 6.20 Å². The van der Waals surface area contributed by atoms with Gasteiger partial charge >= 0.3 is 5.97 Å². The smallest absolute Gasteiger partial charge is 0.310 e. The van der Waals surface area contributed by atoms with Gasteiger partial charge in [0.05, 0.1) is 19.1 Å². The summed E-state index contributed by atoms with van der Waals surface area (Å²) < 4.78 is 29.8. The molecular formula is C10H9F2N3O2. The number of hydrogen-bond acceptors (Lipinski definition) is 5. The second kappa shape index (κ2) is 5.21. The summed E-state index contributed by atoms with van der Waals surface area (Å²) in [7, 11) is 1.17. The number of aromatic nitrogens is 1. The summed E-state index contributed by atoms with van der Waals surface area (Å²) in [6.45, 7) is 0. The van der Waals surface area contributed by atoms with E-state index in [9.17, 15) is 13.6 Å². The topological polar surface area (TPSA) is 89.0 Å². The van der Waals surface area contributed by atoms with Crippen molar-refractivity contribution < 1.29 is 18.3 Å². The minimum Gasteiger partial charge on any atom is -0.469 e. The minimum absolute atomic E-state index is 0.117. The van der Waals surface area contributed by atoms with Gasteiger partial charge in [-0.15, -0.1) is 0 Å². The lowest BCUT2D eigenvalue weighted by molar-refractivity contribution is -0.139. The lowest BCUT2D eigenvalue weighted by Crippen LogP contribution is -2.11. The highest BCUT2D eigenvalue weighted by molar-refractivity contribution is 5.75. The van der Waals surface area contributed by atoms with Crippen LogP contribution in [0.3, 0.4) is 0 Å². The van der Waals surface area contributed by atoms with Crippen molar-refractivity contribution in [3.63, 3.8) is 0 Å². The number of nitrogen functional groups attached to an aromatic ring is 1. The normalized spacial score (nSPS) is 10.1. The zero-order chi connectivity index (χ0) is 13.0. The van der Waals surface area contributed by atoms with E-state index in [1.807, 2.05) is 0 Å². The molecule has 0 aliphatic heterocycles. The fourth-order valence-electron chi connectivity index (χ4n) is 1.26. The number of nitrogens with zero attached hydrogens (tertiary/aromatic N) is 2. The summed E-state index contributed by atoms with van der Waals surface area (Å²) in [6, 6.07) is 1.52. The highest BCUT2D eigenvalue weighted by Gasteiger charge is 2.21. The number of nitriles is 1. The van der Waals surface area contributed by atoms with Crippen molar-refractivity contribution in [3.05, 3.63) is 23.0 Å². The van der Waals surface area contributed by atoms with Gasteiger partial charge < -0.3 is 10.5 Å². The van der Waals surface area contributed by atoms with Gasteiger partial charge in [-0.05, 0) is 0 Å². The number of nitrogens with two attached hydrogens (primary N) is 1. The summed E-state index contributed by atoms with van der Waals surface area (Å²) in [6.07, 6.45) is -2.06. The molecule has 0 aromatic carbocycles. The van der Waals surface area contributed by atoms with Crippen LogP contribution in [0.2, 0.25) is 0 Å². The number of hydrogen-bond donors (Lipinski definition) is 1. The summed E-state index contributed by atoms with van der Waals surface area (Å²) >= 11 is 0. The number of halogens is 2. The Morgan fingerprint density at radius 2 is 2.35 bits per heavy atom. The molecule has 17 heavy (non-hydrogen) atoms. The Morgan fingerprint density at radius 1 is 1.71 bits per heavy atom. The molecule has 1 rings (SSSR count). The van der Waals surface area contributed by atoms with Crippen LogP contribution in [-0.2, 0) is 16.0 Å². The number of rotatable bonds is 3. The monoisotopic (exact) mass is 241 g/mol. The Labute approximate surface area is 95.8 Å². The van der Waals surface area contributed by atoms with Crippen LogP contribution in [0.5, 0.6) is 0 Å². The third-order valence-corrected chi connectivity index (χ3v) is 2.13. The predicted molar refractivity (Wildman–Crippen MR) is 54.0 cm³/mol. The molecule has 2 N–H and O–H groups in total. The molecule has 90 valence electrons. The molecule has 0 radical (unpaired) electrons. The molecule has 0 atom stereocenters. The van der Waals surface area contributed by atoms with E-state index in [1.165, 1.54) is 13.2 Å². The molecule has 0 amide bonds. The van der Waals surface area contributed by atoms with Gasteiger partial charge in [-0.1, -0.05) is 0 Å². The van der Waals surface area contributed by atoms with E-state index in [-0.39, 0.29) is 17.7 Å². The molecule has 0 fully saturated rings. The number of ether oxygens (including phenoxy) is 1. The van der Waals surface area contributed by atoms with Crippen LogP contribution in [0.4, 0.5) is 14.5 Å². The zero-order valence-corrected chi connectivity index (χ0v) is 8.91. The first-order chi connectivity index (χ1) is 8.01. The summed E-state index contributed by atoms with van der Waals surface area (Å²) in [4.78, 5) is 14.5. The Bertz CT molecular complexity index is 483. The highest BCUT2D eigenvalue weighted by Crippen LogP contribution is 2.29. The van der Waals surface area contributed by atoms with Gasteiger partial charge in [0.15, 0.2) is 5.69 Å². The third-order valence-electron chi connectivity index (χ3n) is 2.13. The average molecular weight is 241 g/mol. The first kappa shape index (κ1) is 12.8. The Hall–Kier alpha value is -2.23. The standard InChI is InChI=1S/C10H9F2N3O2/c1-17-7(16)2-5-4-15-6(3-13)8(9(5)14)10(11)12/h4,10H,2H2,1H3,(H2,14,15). The maximum atomic E-state index is 12.7. The maximum absolute atomic E-state index is 12.7.